The Kier molecular flexibility index (Phi) is 3.86. The standard InChI is InChI=1S/C20H19N3O2/c1-13-20(14(2)25-22-13)16-8-9-17-18(10-16)23(19(24)11-21-17)12-15-6-4-3-5-7-15/h3-11,19,24H,12H2,1-2H3. The summed E-state index contributed by atoms with van der Waals surface area (Å²) in [6, 6.07) is 16.1. The summed E-state index contributed by atoms with van der Waals surface area (Å²) in [6.07, 6.45) is 0.813. The van der Waals surface area contributed by atoms with Crippen molar-refractivity contribution in [2.24, 2.45) is 4.99 Å². The Morgan fingerprint density at radius 2 is 1.92 bits per heavy atom. The third-order valence-corrected chi connectivity index (χ3v) is 4.47. The number of fused-ring (bicyclic) bond motifs is 1. The van der Waals surface area contributed by atoms with Gasteiger partial charge < -0.3 is 14.5 Å². The Morgan fingerprint density at radius 1 is 1.12 bits per heavy atom. The van der Waals surface area contributed by atoms with E-state index in [1.54, 1.807) is 6.21 Å². The van der Waals surface area contributed by atoms with Gasteiger partial charge in [-0.25, -0.2) is 0 Å². The minimum atomic E-state index is -0.757. The maximum atomic E-state index is 10.5. The second kappa shape index (κ2) is 6.18. The molecule has 1 aliphatic rings. The predicted octanol–water partition coefficient (Wildman–Crippen LogP) is 4.00. The molecule has 0 saturated carbocycles. The van der Waals surface area contributed by atoms with Gasteiger partial charge in [0.15, 0.2) is 6.23 Å². The topological polar surface area (TPSA) is 61.9 Å². The maximum absolute atomic E-state index is 10.5. The van der Waals surface area contributed by atoms with Gasteiger partial charge in [-0.2, -0.15) is 0 Å². The Bertz CT molecular complexity index is 912. The van der Waals surface area contributed by atoms with Crippen LogP contribution in [0.3, 0.4) is 0 Å². The molecule has 0 fully saturated rings. The Balaban J connectivity index is 1.77. The molecule has 1 atom stereocenters. The molecule has 126 valence electrons. The van der Waals surface area contributed by atoms with Crippen molar-refractivity contribution in [2.45, 2.75) is 26.6 Å². The second-order valence-electron chi connectivity index (χ2n) is 6.21. The molecule has 1 unspecified atom stereocenters. The molecule has 2 aromatic carbocycles. The summed E-state index contributed by atoms with van der Waals surface area (Å²) < 4.78 is 5.29. The first kappa shape index (κ1) is 15.6. The van der Waals surface area contributed by atoms with Gasteiger partial charge in [-0.15, -0.1) is 0 Å². The lowest BCUT2D eigenvalue weighted by molar-refractivity contribution is 0.236. The summed E-state index contributed by atoms with van der Waals surface area (Å²) in [5.74, 6) is 0.784. The van der Waals surface area contributed by atoms with Crippen LogP contribution >= 0.6 is 0 Å². The van der Waals surface area contributed by atoms with E-state index in [0.717, 1.165) is 39.5 Å². The van der Waals surface area contributed by atoms with Crippen LogP contribution in [-0.4, -0.2) is 22.7 Å². The number of anilines is 1. The summed E-state index contributed by atoms with van der Waals surface area (Å²) in [5.41, 5.74) is 5.73. The number of nitrogens with zero attached hydrogens (tertiary/aromatic N) is 3. The van der Waals surface area contributed by atoms with Crippen LogP contribution in [0.4, 0.5) is 11.4 Å². The average molecular weight is 333 g/mol. The minimum absolute atomic E-state index is 0.603. The first-order valence-electron chi connectivity index (χ1n) is 8.23. The average Bonchev–Trinajstić information content (AvgIpc) is 2.96. The molecular formula is C20H19N3O2. The first-order valence-corrected chi connectivity index (χ1v) is 8.23. The molecule has 3 aromatic rings. The third-order valence-electron chi connectivity index (χ3n) is 4.47. The van der Waals surface area contributed by atoms with Crippen molar-refractivity contribution in [3.8, 4) is 11.1 Å². The quantitative estimate of drug-likeness (QED) is 0.787. The van der Waals surface area contributed by atoms with Crippen LogP contribution in [0, 0.1) is 13.8 Å². The van der Waals surface area contributed by atoms with Gasteiger partial charge in [0.2, 0.25) is 0 Å². The van der Waals surface area contributed by atoms with Crippen molar-refractivity contribution in [2.75, 3.05) is 4.90 Å². The molecule has 0 spiro atoms. The highest BCUT2D eigenvalue weighted by Gasteiger charge is 2.23. The van der Waals surface area contributed by atoms with Crippen molar-refractivity contribution in [1.29, 1.82) is 0 Å². The summed E-state index contributed by atoms with van der Waals surface area (Å²) in [7, 11) is 0. The largest absolute Gasteiger partial charge is 0.368 e. The molecule has 0 bridgehead atoms. The molecule has 0 aliphatic carbocycles. The van der Waals surface area contributed by atoms with Crippen LogP contribution in [0.2, 0.25) is 0 Å². The number of hydrogen-bond acceptors (Lipinski definition) is 5. The normalized spacial score (nSPS) is 16.1. The highest BCUT2D eigenvalue weighted by Crippen LogP contribution is 2.38. The Morgan fingerprint density at radius 3 is 2.64 bits per heavy atom. The third kappa shape index (κ3) is 2.83. The Labute approximate surface area is 146 Å². The molecule has 0 amide bonds. The lowest BCUT2D eigenvalue weighted by Crippen LogP contribution is -2.37. The van der Waals surface area contributed by atoms with Gasteiger partial charge in [0.1, 0.15) is 5.76 Å². The minimum Gasteiger partial charge on any atom is -0.368 e. The zero-order chi connectivity index (χ0) is 17.4. The van der Waals surface area contributed by atoms with Gasteiger partial charge in [0, 0.05) is 12.1 Å². The molecule has 25 heavy (non-hydrogen) atoms. The molecular weight excluding hydrogens is 314 g/mol. The zero-order valence-corrected chi connectivity index (χ0v) is 14.2. The summed E-state index contributed by atoms with van der Waals surface area (Å²) >= 11 is 0. The Hall–Kier alpha value is -2.92. The number of aliphatic hydroxyl groups excluding tert-OH is 1. The van der Waals surface area contributed by atoms with Gasteiger partial charge in [0.25, 0.3) is 0 Å². The highest BCUT2D eigenvalue weighted by molar-refractivity contribution is 5.86. The predicted molar refractivity (Wildman–Crippen MR) is 98.2 cm³/mol. The van der Waals surface area contributed by atoms with E-state index in [1.165, 1.54) is 0 Å². The molecule has 1 aromatic heterocycles. The number of aliphatic imine (C=N–C) groups is 1. The van der Waals surface area contributed by atoms with Crippen molar-refractivity contribution < 1.29 is 9.63 Å². The molecule has 4 rings (SSSR count). The fraction of sp³-hybridized carbons (Fsp3) is 0.200. The smallest absolute Gasteiger partial charge is 0.163 e. The van der Waals surface area contributed by atoms with E-state index in [1.807, 2.05) is 55.1 Å². The summed E-state index contributed by atoms with van der Waals surface area (Å²) in [5, 5.41) is 14.5. The maximum Gasteiger partial charge on any atom is 0.163 e. The van der Waals surface area contributed by atoms with Crippen LogP contribution in [0.25, 0.3) is 11.1 Å². The lowest BCUT2D eigenvalue weighted by atomic mass is 10.0. The summed E-state index contributed by atoms with van der Waals surface area (Å²) in [4.78, 5) is 6.32. The number of benzene rings is 2. The van der Waals surface area contributed by atoms with E-state index in [4.69, 9.17) is 4.52 Å². The van der Waals surface area contributed by atoms with Gasteiger partial charge >= 0.3 is 0 Å². The first-order chi connectivity index (χ1) is 12.1. The van der Waals surface area contributed by atoms with Crippen LogP contribution < -0.4 is 4.90 Å². The number of aliphatic hydroxyl groups is 1. The van der Waals surface area contributed by atoms with E-state index in [-0.39, 0.29) is 0 Å². The van der Waals surface area contributed by atoms with E-state index in [2.05, 4.69) is 22.3 Å². The van der Waals surface area contributed by atoms with Crippen LogP contribution in [0.1, 0.15) is 17.0 Å². The molecule has 0 saturated heterocycles. The SMILES string of the molecule is Cc1noc(C)c1-c1ccc2c(c1)N(Cc1ccccc1)C(O)C=N2. The fourth-order valence-corrected chi connectivity index (χ4v) is 3.24. The molecule has 1 aliphatic heterocycles. The lowest BCUT2D eigenvalue weighted by Gasteiger charge is -2.32. The van der Waals surface area contributed by atoms with Crippen molar-refractivity contribution in [1.82, 2.24) is 5.16 Å². The van der Waals surface area contributed by atoms with E-state index in [9.17, 15) is 5.11 Å². The van der Waals surface area contributed by atoms with Crippen LogP contribution in [0.5, 0.6) is 0 Å². The molecule has 0 radical (unpaired) electrons. The number of aryl methyl sites for hydroxylation is 2. The molecule has 2 heterocycles. The van der Waals surface area contributed by atoms with Crippen LogP contribution in [0.15, 0.2) is 58.0 Å². The highest BCUT2D eigenvalue weighted by atomic mass is 16.5. The molecule has 5 nitrogen and oxygen atoms in total. The summed E-state index contributed by atoms with van der Waals surface area (Å²) in [6.45, 7) is 4.44. The fourth-order valence-electron chi connectivity index (χ4n) is 3.24. The monoisotopic (exact) mass is 333 g/mol. The molecule has 5 heteroatoms. The van der Waals surface area contributed by atoms with Gasteiger partial charge in [0.05, 0.1) is 23.3 Å². The van der Waals surface area contributed by atoms with E-state index < -0.39 is 6.23 Å². The zero-order valence-electron chi connectivity index (χ0n) is 14.2. The van der Waals surface area contributed by atoms with Crippen molar-refractivity contribution in [3.63, 3.8) is 0 Å². The van der Waals surface area contributed by atoms with Gasteiger partial charge in [-0.05, 0) is 37.1 Å². The van der Waals surface area contributed by atoms with Gasteiger partial charge in [-0.1, -0.05) is 41.6 Å². The number of rotatable bonds is 3. The molecule has 1 N–H and O–H groups in total. The number of hydrogen-bond donors (Lipinski definition) is 1. The van der Waals surface area contributed by atoms with Gasteiger partial charge in [-0.3, -0.25) is 4.99 Å². The second-order valence-corrected chi connectivity index (χ2v) is 6.21. The van der Waals surface area contributed by atoms with Crippen molar-refractivity contribution >= 4 is 17.6 Å². The number of aromatic nitrogens is 1. The van der Waals surface area contributed by atoms with E-state index in [0.29, 0.717) is 6.54 Å². The van der Waals surface area contributed by atoms with Crippen molar-refractivity contribution in [3.05, 3.63) is 65.5 Å². The van der Waals surface area contributed by atoms with Crippen LogP contribution in [-0.2, 0) is 6.54 Å². The van der Waals surface area contributed by atoms with E-state index >= 15 is 0 Å².